The molecule has 3 nitrogen and oxygen atoms in total. The van der Waals surface area contributed by atoms with Crippen molar-refractivity contribution in [3.63, 3.8) is 0 Å². The maximum atomic E-state index is 13.3. The third kappa shape index (κ3) is 2.65. The summed E-state index contributed by atoms with van der Waals surface area (Å²) < 4.78 is 13.3. The van der Waals surface area contributed by atoms with Gasteiger partial charge < -0.3 is 10.6 Å². The molecule has 1 aromatic rings. The fraction of sp³-hybridized carbons (Fsp3) is 0.462. The van der Waals surface area contributed by atoms with Crippen LogP contribution in [0.3, 0.4) is 0 Å². The van der Waals surface area contributed by atoms with Crippen molar-refractivity contribution < 1.29 is 9.18 Å². The number of hydrogen-bond donors (Lipinski definition) is 1. The highest BCUT2D eigenvalue weighted by atomic mass is 35.5. The lowest BCUT2D eigenvalue weighted by Gasteiger charge is -2.18. The van der Waals surface area contributed by atoms with Crippen LogP contribution in [0.5, 0.6) is 0 Å². The van der Waals surface area contributed by atoms with Gasteiger partial charge in [0.25, 0.3) is 5.91 Å². The van der Waals surface area contributed by atoms with Gasteiger partial charge in [-0.25, -0.2) is 4.39 Å². The Kier molecular flexibility index (Phi) is 3.88. The third-order valence-corrected chi connectivity index (χ3v) is 3.73. The molecule has 0 spiro atoms. The first-order valence-corrected chi connectivity index (χ1v) is 6.36. The Morgan fingerprint density at radius 1 is 1.61 bits per heavy atom. The molecular formula is C13H16ClFN2O. The zero-order valence-electron chi connectivity index (χ0n) is 10.2. The van der Waals surface area contributed by atoms with E-state index in [2.05, 4.69) is 0 Å². The van der Waals surface area contributed by atoms with Gasteiger partial charge >= 0.3 is 0 Å². The van der Waals surface area contributed by atoms with Crippen LogP contribution in [0.25, 0.3) is 0 Å². The lowest BCUT2D eigenvalue weighted by Crippen LogP contribution is -2.33. The summed E-state index contributed by atoms with van der Waals surface area (Å²) in [4.78, 5) is 13.9. The van der Waals surface area contributed by atoms with Crippen molar-refractivity contribution in [3.05, 3.63) is 34.6 Å². The van der Waals surface area contributed by atoms with Crippen LogP contribution in [0.4, 0.5) is 4.39 Å². The number of likely N-dealkylation sites (tertiary alicyclic amines) is 1. The van der Waals surface area contributed by atoms with Gasteiger partial charge in [0.05, 0.1) is 5.02 Å². The number of carbonyl (C=O) groups is 1. The number of rotatable bonds is 2. The van der Waals surface area contributed by atoms with Gasteiger partial charge in [-0.2, -0.15) is 0 Å². The van der Waals surface area contributed by atoms with Crippen LogP contribution in [0.2, 0.25) is 5.02 Å². The summed E-state index contributed by atoms with van der Waals surface area (Å²) in [5, 5.41) is 0.0291. The largest absolute Gasteiger partial charge is 0.338 e. The van der Waals surface area contributed by atoms with E-state index in [1.165, 1.54) is 12.1 Å². The minimum atomic E-state index is -0.564. The number of benzene rings is 1. The van der Waals surface area contributed by atoms with Crippen LogP contribution in [0.1, 0.15) is 23.7 Å². The van der Waals surface area contributed by atoms with Crippen LogP contribution in [-0.2, 0) is 0 Å². The predicted molar refractivity (Wildman–Crippen MR) is 69.1 cm³/mol. The molecule has 1 aliphatic rings. The first-order chi connectivity index (χ1) is 8.49. The second kappa shape index (κ2) is 5.24. The molecule has 0 aliphatic carbocycles. The normalized spacial score (nSPS) is 21.1. The lowest BCUT2D eigenvalue weighted by molar-refractivity contribution is 0.0785. The second-order valence-corrected chi connectivity index (χ2v) is 5.20. The molecule has 0 aromatic heterocycles. The van der Waals surface area contributed by atoms with Crippen molar-refractivity contribution in [1.29, 1.82) is 0 Å². The molecule has 2 unspecified atom stereocenters. The molecule has 0 radical (unpaired) electrons. The van der Waals surface area contributed by atoms with Gasteiger partial charge in [0.15, 0.2) is 0 Å². The molecule has 1 amide bonds. The summed E-state index contributed by atoms with van der Waals surface area (Å²) >= 11 is 5.59. The average Bonchev–Trinajstić information content (AvgIpc) is 2.81. The van der Waals surface area contributed by atoms with E-state index in [9.17, 15) is 9.18 Å². The molecular weight excluding hydrogens is 255 g/mol. The molecule has 0 saturated carbocycles. The van der Waals surface area contributed by atoms with E-state index in [0.29, 0.717) is 24.6 Å². The molecule has 18 heavy (non-hydrogen) atoms. The minimum Gasteiger partial charge on any atom is -0.338 e. The number of hydrogen-bond acceptors (Lipinski definition) is 2. The SMILES string of the molecule is CC(N)C1CCN(C(=O)c2ccc(Cl)c(F)c2)C1. The highest BCUT2D eigenvalue weighted by Crippen LogP contribution is 2.22. The third-order valence-electron chi connectivity index (χ3n) is 3.42. The molecule has 1 fully saturated rings. The summed E-state index contributed by atoms with van der Waals surface area (Å²) in [6, 6.07) is 4.21. The molecule has 2 atom stereocenters. The number of halogens is 2. The fourth-order valence-corrected chi connectivity index (χ4v) is 2.33. The van der Waals surface area contributed by atoms with Gasteiger partial charge in [-0.1, -0.05) is 11.6 Å². The second-order valence-electron chi connectivity index (χ2n) is 4.79. The summed E-state index contributed by atoms with van der Waals surface area (Å²) in [5.41, 5.74) is 6.16. The van der Waals surface area contributed by atoms with Gasteiger partial charge in [-0.15, -0.1) is 0 Å². The van der Waals surface area contributed by atoms with E-state index in [0.717, 1.165) is 6.42 Å². The van der Waals surface area contributed by atoms with Gasteiger partial charge in [0, 0.05) is 24.7 Å². The summed E-state index contributed by atoms with van der Waals surface area (Å²) in [6.07, 6.45) is 0.902. The summed E-state index contributed by atoms with van der Waals surface area (Å²) in [7, 11) is 0. The lowest BCUT2D eigenvalue weighted by atomic mass is 10.0. The zero-order chi connectivity index (χ0) is 13.3. The van der Waals surface area contributed by atoms with Crippen molar-refractivity contribution in [3.8, 4) is 0 Å². The van der Waals surface area contributed by atoms with Gasteiger partial charge in [0.1, 0.15) is 5.82 Å². The van der Waals surface area contributed by atoms with Crippen LogP contribution < -0.4 is 5.73 Å². The van der Waals surface area contributed by atoms with E-state index < -0.39 is 5.82 Å². The van der Waals surface area contributed by atoms with Gasteiger partial charge in [0.2, 0.25) is 0 Å². The van der Waals surface area contributed by atoms with E-state index in [4.69, 9.17) is 17.3 Å². The molecule has 1 aliphatic heterocycles. The van der Waals surface area contributed by atoms with E-state index in [1.54, 1.807) is 11.0 Å². The van der Waals surface area contributed by atoms with Crippen molar-refractivity contribution in [2.24, 2.45) is 11.7 Å². The predicted octanol–water partition coefficient (Wildman–Crippen LogP) is 2.29. The number of amides is 1. The first kappa shape index (κ1) is 13.3. The van der Waals surface area contributed by atoms with Crippen molar-refractivity contribution >= 4 is 17.5 Å². The van der Waals surface area contributed by atoms with Crippen LogP contribution >= 0.6 is 11.6 Å². The van der Waals surface area contributed by atoms with Crippen LogP contribution in [0.15, 0.2) is 18.2 Å². The molecule has 1 heterocycles. The number of nitrogens with zero attached hydrogens (tertiary/aromatic N) is 1. The average molecular weight is 271 g/mol. The van der Waals surface area contributed by atoms with Gasteiger partial charge in [-0.05, 0) is 37.5 Å². The highest BCUT2D eigenvalue weighted by molar-refractivity contribution is 6.30. The molecule has 2 N–H and O–H groups in total. The van der Waals surface area contributed by atoms with E-state index in [-0.39, 0.29) is 17.0 Å². The summed E-state index contributed by atoms with van der Waals surface area (Å²) in [5.74, 6) is -0.398. The van der Waals surface area contributed by atoms with E-state index >= 15 is 0 Å². The maximum absolute atomic E-state index is 13.3. The molecule has 2 rings (SSSR count). The Morgan fingerprint density at radius 2 is 2.33 bits per heavy atom. The van der Waals surface area contributed by atoms with Crippen LogP contribution in [-0.4, -0.2) is 29.9 Å². The van der Waals surface area contributed by atoms with Crippen molar-refractivity contribution in [1.82, 2.24) is 4.90 Å². The zero-order valence-corrected chi connectivity index (χ0v) is 11.0. The Labute approximate surface area is 111 Å². The molecule has 1 saturated heterocycles. The number of carbonyl (C=O) groups excluding carboxylic acids is 1. The maximum Gasteiger partial charge on any atom is 0.253 e. The molecule has 1 aromatic carbocycles. The number of nitrogens with two attached hydrogens (primary N) is 1. The Hall–Kier alpha value is -1.13. The summed E-state index contributed by atoms with van der Waals surface area (Å²) in [6.45, 7) is 3.26. The molecule has 98 valence electrons. The fourth-order valence-electron chi connectivity index (χ4n) is 2.21. The smallest absolute Gasteiger partial charge is 0.253 e. The first-order valence-electron chi connectivity index (χ1n) is 5.99. The highest BCUT2D eigenvalue weighted by Gasteiger charge is 2.29. The Morgan fingerprint density at radius 3 is 2.89 bits per heavy atom. The van der Waals surface area contributed by atoms with E-state index in [1.807, 2.05) is 6.92 Å². The Balaban J connectivity index is 2.10. The monoisotopic (exact) mass is 270 g/mol. The van der Waals surface area contributed by atoms with Crippen LogP contribution in [0, 0.1) is 11.7 Å². The van der Waals surface area contributed by atoms with Gasteiger partial charge in [-0.3, -0.25) is 4.79 Å². The molecule has 5 heteroatoms. The quantitative estimate of drug-likeness (QED) is 0.896. The topological polar surface area (TPSA) is 46.3 Å². The molecule has 0 bridgehead atoms. The van der Waals surface area contributed by atoms with Crippen molar-refractivity contribution in [2.45, 2.75) is 19.4 Å². The minimum absolute atomic E-state index is 0.0291. The Bertz CT molecular complexity index is 464. The standard InChI is InChI=1S/C13H16ClFN2O/c1-8(16)10-4-5-17(7-10)13(18)9-2-3-11(14)12(15)6-9/h2-3,6,8,10H,4-5,7,16H2,1H3. The van der Waals surface area contributed by atoms with Crippen molar-refractivity contribution in [2.75, 3.05) is 13.1 Å².